The van der Waals surface area contributed by atoms with Gasteiger partial charge in [-0.25, -0.2) is 0 Å². The molecule has 0 spiro atoms. The highest BCUT2D eigenvalue weighted by Crippen LogP contribution is 2.17. The maximum atomic E-state index is 5.82. The Morgan fingerprint density at radius 3 is 2.38 bits per heavy atom. The molecule has 0 amide bonds. The van der Waals surface area contributed by atoms with E-state index in [9.17, 15) is 0 Å². The van der Waals surface area contributed by atoms with Gasteiger partial charge < -0.3 is 10.6 Å². The molecule has 1 aromatic rings. The summed E-state index contributed by atoms with van der Waals surface area (Å²) in [5.74, 6) is 1.22. The van der Waals surface area contributed by atoms with Gasteiger partial charge >= 0.3 is 0 Å². The number of nitrogens with two attached hydrogens (primary N) is 1. The standard InChI is InChI=1S/C7H12ClN5/c1-4(8)5-10-6(9)12-7(11-5)13(2)3/h4H,1-3H3,(H2,9,10,11,12)/t4-/m1/s1. The van der Waals surface area contributed by atoms with Crippen molar-refractivity contribution in [3.05, 3.63) is 5.82 Å². The Labute approximate surface area is 82.0 Å². The second-order valence-corrected chi connectivity index (χ2v) is 3.52. The average Bonchev–Trinajstić information content (AvgIpc) is 2.03. The van der Waals surface area contributed by atoms with Crippen LogP contribution in [-0.2, 0) is 0 Å². The van der Waals surface area contributed by atoms with Gasteiger partial charge in [0, 0.05) is 14.1 Å². The molecule has 5 nitrogen and oxygen atoms in total. The third kappa shape index (κ3) is 2.42. The van der Waals surface area contributed by atoms with Gasteiger partial charge in [-0.15, -0.1) is 11.6 Å². The first kappa shape index (κ1) is 9.98. The first-order valence-electron chi connectivity index (χ1n) is 3.83. The van der Waals surface area contributed by atoms with Gasteiger partial charge in [-0.1, -0.05) is 0 Å². The van der Waals surface area contributed by atoms with Crippen molar-refractivity contribution in [3.8, 4) is 0 Å². The van der Waals surface area contributed by atoms with E-state index in [2.05, 4.69) is 15.0 Å². The van der Waals surface area contributed by atoms with Crippen molar-refractivity contribution in [1.82, 2.24) is 15.0 Å². The molecule has 0 fully saturated rings. The molecule has 6 heteroatoms. The maximum Gasteiger partial charge on any atom is 0.229 e. The smallest absolute Gasteiger partial charge is 0.229 e. The molecule has 0 saturated carbocycles. The van der Waals surface area contributed by atoms with Gasteiger partial charge in [0.2, 0.25) is 11.9 Å². The molecule has 0 aromatic carbocycles. The predicted octanol–water partition coefficient (Wildman–Crippen LogP) is 0.820. The van der Waals surface area contributed by atoms with Crippen molar-refractivity contribution in [2.45, 2.75) is 12.3 Å². The van der Waals surface area contributed by atoms with Crippen LogP contribution in [0.15, 0.2) is 0 Å². The van der Waals surface area contributed by atoms with E-state index < -0.39 is 0 Å². The van der Waals surface area contributed by atoms with Gasteiger partial charge in [0.25, 0.3) is 0 Å². The summed E-state index contributed by atoms with van der Waals surface area (Å²) in [5.41, 5.74) is 5.49. The molecule has 0 radical (unpaired) electrons. The fraction of sp³-hybridized carbons (Fsp3) is 0.571. The van der Waals surface area contributed by atoms with Crippen LogP contribution in [0.4, 0.5) is 11.9 Å². The molecule has 1 rings (SSSR count). The average molecular weight is 202 g/mol. The topological polar surface area (TPSA) is 67.9 Å². The van der Waals surface area contributed by atoms with Crippen molar-refractivity contribution in [2.24, 2.45) is 0 Å². The largest absolute Gasteiger partial charge is 0.368 e. The lowest BCUT2D eigenvalue weighted by Gasteiger charge is -2.11. The number of halogens is 1. The second kappa shape index (κ2) is 3.74. The van der Waals surface area contributed by atoms with Gasteiger partial charge in [0.15, 0.2) is 5.82 Å². The molecular weight excluding hydrogens is 190 g/mol. The van der Waals surface area contributed by atoms with Gasteiger partial charge in [-0.3, -0.25) is 0 Å². The van der Waals surface area contributed by atoms with Crippen LogP contribution in [0.3, 0.4) is 0 Å². The third-order valence-electron chi connectivity index (χ3n) is 1.41. The van der Waals surface area contributed by atoms with E-state index in [-0.39, 0.29) is 11.3 Å². The summed E-state index contributed by atoms with van der Waals surface area (Å²) in [7, 11) is 3.66. The molecule has 0 saturated heterocycles. The first-order valence-corrected chi connectivity index (χ1v) is 4.27. The molecule has 13 heavy (non-hydrogen) atoms. The lowest BCUT2D eigenvalue weighted by molar-refractivity contribution is 0.859. The molecular formula is C7H12ClN5. The number of hydrogen-bond donors (Lipinski definition) is 1. The van der Waals surface area contributed by atoms with Crippen molar-refractivity contribution < 1.29 is 0 Å². The van der Waals surface area contributed by atoms with Crippen LogP contribution in [0.25, 0.3) is 0 Å². The summed E-state index contributed by atoms with van der Waals surface area (Å²) in [6, 6.07) is 0. The summed E-state index contributed by atoms with van der Waals surface area (Å²) < 4.78 is 0. The molecule has 2 N–H and O–H groups in total. The number of aromatic nitrogens is 3. The van der Waals surface area contributed by atoms with Crippen LogP contribution in [0.5, 0.6) is 0 Å². The molecule has 0 aliphatic heterocycles. The summed E-state index contributed by atoms with van der Waals surface area (Å²) >= 11 is 5.82. The summed E-state index contributed by atoms with van der Waals surface area (Å²) in [5, 5.41) is -0.260. The Balaban J connectivity index is 3.11. The number of anilines is 2. The van der Waals surface area contributed by atoms with E-state index in [0.717, 1.165) is 0 Å². The summed E-state index contributed by atoms with van der Waals surface area (Å²) in [4.78, 5) is 13.7. The third-order valence-corrected chi connectivity index (χ3v) is 1.61. The number of alkyl halides is 1. The quantitative estimate of drug-likeness (QED) is 0.718. The Bertz CT molecular complexity index is 273. The normalized spacial score (nSPS) is 12.6. The number of rotatable bonds is 2. The van der Waals surface area contributed by atoms with E-state index in [1.165, 1.54) is 0 Å². The van der Waals surface area contributed by atoms with Crippen molar-refractivity contribution in [2.75, 3.05) is 24.7 Å². The highest BCUT2D eigenvalue weighted by molar-refractivity contribution is 6.20. The highest BCUT2D eigenvalue weighted by atomic mass is 35.5. The molecule has 0 bridgehead atoms. The highest BCUT2D eigenvalue weighted by Gasteiger charge is 2.09. The Morgan fingerprint density at radius 1 is 1.31 bits per heavy atom. The molecule has 0 unspecified atom stereocenters. The molecule has 0 aliphatic carbocycles. The SMILES string of the molecule is C[C@@H](Cl)c1nc(N)nc(N(C)C)n1. The number of nitrogens with zero attached hydrogens (tertiary/aromatic N) is 4. The minimum atomic E-state index is -0.260. The van der Waals surface area contributed by atoms with Gasteiger partial charge in [0.1, 0.15) is 0 Å². The number of nitrogen functional groups attached to an aromatic ring is 1. The van der Waals surface area contributed by atoms with Crippen LogP contribution in [0, 0.1) is 0 Å². The van der Waals surface area contributed by atoms with Crippen LogP contribution in [0.2, 0.25) is 0 Å². The van der Waals surface area contributed by atoms with Crippen LogP contribution in [0.1, 0.15) is 18.1 Å². The molecule has 1 atom stereocenters. The maximum absolute atomic E-state index is 5.82. The van der Waals surface area contributed by atoms with E-state index >= 15 is 0 Å². The summed E-state index contributed by atoms with van der Waals surface area (Å²) in [6.45, 7) is 1.79. The van der Waals surface area contributed by atoms with Crippen molar-refractivity contribution >= 4 is 23.5 Å². The van der Waals surface area contributed by atoms with E-state index in [4.69, 9.17) is 17.3 Å². The van der Waals surface area contributed by atoms with Crippen molar-refractivity contribution in [3.63, 3.8) is 0 Å². The molecule has 72 valence electrons. The fourth-order valence-electron chi connectivity index (χ4n) is 0.775. The summed E-state index contributed by atoms with van der Waals surface area (Å²) in [6.07, 6.45) is 0. The van der Waals surface area contributed by atoms with Crippen LogP contribution in [-0.4, -0.2) is 29.0 Å². The monoisotopic (exact) mass is 201 g/mol. The fourth-order valence-corrected chi connectivity index (χ4v) is 0.873. The van der Waals surface area contributed by atoms with Gasteiger partial charge in [-0.05, 0) is 6.92 Å². The van der Waals surface area contributed by atoms with Crippen molar-refractivity contribution in [1.29, 1.82) is 0 Å². The molecule has 1 aromatic heterocycles. The minimum absolute atomic E-state index is 0.196. The zero-order chi connectivity index (χ0) is 10.0. The zero-order valence-corrected chi connectivity index (χ0v) is 8.58. The lowest BCUT2D eigenvalue weighted by atomic mass is 10.4. The van der Waals surface area contributed by atoms with E-state index in [1.807, 2.05) is 14.1 Å². The van der Waals surface area contributed by atoms with Crippen LogP contribution >= 0.6 is 11.6 Å². The number of hydrogen-bond acceptors (Lipinski definition) is 5. The first-order chi connectivity index (χ1) is 6.00. The lowest BCUT2D eigenvalue weighted by Crippen LogP contribution is -2.16. The Morgan fingerprint density at radius 2 is 1.92 bits per heavy atom. The van der Waals surface area contributed by atoms with Gasteiger partial charge in [-0.2, -0.15) is 15.0 Å². The van der Waals surface area contributed by atoms with Crippen LogP contribution < -0.4 is 10.6 Å². The van der Waals surface area contributed by atoms with E-state index in [1.54, 1.807) is 11.8 Å². The Kier molecular flexibility index (Phi) is 2.87. The second-order valence-electron chi connectivity index (χ2n) is 2.86. The molecule has 0 aliphatic rings. The predicted molar refractivity (Wildman–Crippen MR) is 52.8 cm³/mol. The Hall–Kier alpha value is -1.10. The molecule has 1 heterocycles. The van der Waals surface area contributed by atoms with E-state index in [0.29, 0.717) is 11.8 Å². The minimum Gasteiger partial charge on any atom is -0.368 e. The van der Waals surface area contributed by atoms with Gasteiger partial charge in [0.05, 0.1) is 5.38 Å². The zero-order valence-electron chi connectivity index (χ0n) is 7.82.